The van der Waals surface area contributed by atoms with Gasteiger partial charge in [0.05, 0.1) is 5.69 Å². The summed E-state index contributed by atoms with van der Waals surface area (Å²) in [6.07, 6.45) is 0. The Kier molecular flexibility index (Phi) is 9.29. The fourth-order valence-electron chi connectivity index (χ4n) is 3.20. The molecule has 0 radical (unpaired) electrons. The first-order chi connectivity index (χ1) is 16.5. The van der Waals surface area contributed by atoms with Crippen molar-refractivity contribution < 1.29 is 19.1 Å². The molecule has 3 rings (SSSR count). The molecule has 1 amide bonds. The summed E-state index contributed by atoms with van der Waals surface area (Å²) in [7, 11) is 1.73. The predicted molar refractivity (Wildman–Crippen MR) is 135 cm³/mol. The predicted octanol–water partition coefficient (Wildman–Crippen LogP) is 4.82. The van der Waals surface area contributed by atoms with E-state index in [4.69, 9.17) is 4.74 Å². The summed E-state index contributed by atoms with van der Waals surface area (Å²) >= 11 is 1.10. The Morgan fingerprint density at radius 3 is 2.03 bits per heavy atom. The molecule has 0 aromatic heterocycles. The first-order valence-corrected chi connectivity index (χ1v) is 12.0. The number of hydrazine groups is 1. The van der Waals surface area contributed by atoms with Crippen molar-refractivity contribution in [3.8, 4) is 0 Å². The van der Waals surface area contributed by atoms with Crippen LogP contribution >= 0.6 is 11.8 Å². The van der Waals surface area contributed by atoms with E-state index in [0.29, 0.717) is 11.3 Å². The molecule has 3 aromatic rings. The highest BCUT2D eigenvalue weighted by molar-refractivity contribution is 8.14. The quantitative estimate of drug-likeness (QED) is 0.309. The van der Waals surface area contributed by atoms with Crippen LogP contribution in [0.4, 0.5) is 5.69 Å². The second-order valence-corrected chi connectivity index (χ2v) is 8.76. The van der Waals surface area contributed by atoms with Crippen molar-refractivity contribution in [3.63, 3.8) is 0 Å². The zero-order chi connectivity index (χ0) is 24.3. The van der Waals surface area contributed by atoms with Crippen molar-refractivity contribution in [2.24, 2.45) is 5.92 Å². The first kappa shape index (κ1) is 25.1. The standard InChI is InChI=1S/C27H28N2O4S/c1-21(20-34-27(32)23-14-8-4-9-15-23)26(31)29(28(2)24-16-10-5-11-17-24)18-25(30)33-19-22-12-6-3-7-13-22/h3-17,21H,18-20H2,1-2H3/t21-/m1/s1. The van der Waals surface area contributed by atoms with Crippen LogP contribution in [-0.2, 0) is 20.9 Å². The van der Waals surface area contributed by atoms with Crippen molar-refractivity contribution >= 4 is 34.4 Å². The highest BCUT2D eigenvalue weighted by Gasteiger charge is 2.28. The van der Waals surface area contributed by atoms with Gasteiger partial charge in [0.1, 0.15) is 13.2 Å². The fourth-order valence-corrected chi connectivity index (χ4v) is 4.05. The molecule has 0 unspecified atom stereocenters. The zero-order valence-corrected chi connectivity index (χ0v) is 20.1. The number of para-hydroxylation sites is 1. The summed E-state index contributed by atoms with van der Waals surface area (Å²) < 4.78 is 5.41. The number of ether oxygens (including phenoxy) is 1. The van der Waals surface area contributed by atoms with Crippen molar-refractivity contribution in [1.29, 1.82) is 0 Å². The molecule has 0 bridgehead atoms. The number of amides is 1. The van der Waals surface area contributed by atoms with Crippen LogP contribution in [0.5, 0.6) is 0 Å². The molecule has 0 aliphatic heterocycles. The van der Waals surface area contributed by atoms with Crippen LogP contribution in [0.2, 0.25) is 0 Å². The fraction of sp³-hybridized carbons (Fsp3) is 0.222. The maximum absolute atomic E-state index is 13.4. The van der Waals surface area contributed by atoms with E-state index in [0.717, 1.165) is 23.0 Å². The van der Waals surface area contributed by atoms with Gasteiger partial charge in [-0.1, -0.05) is 97.5 Å². The zero-order valence-electron chi connectivity index (χ0n) is 19.3. The minimum atomic E-state index is -0.514. The van der Waals surface area contributed by atoms with E-state index in [2.05, 4.69) is 0 Å². The second kappa shape index (κ2) is 12.6. The van der Waals surface area contributed by atoms with Crippen LogP contribution < -0.4 is 5.01 Å². The molecule has 0 spiro atoms. The van der Waals surface area contributed by atoms with Crippen LogP contribution in [-0.4, -0.2) is 41.3 Å². The number of carbonyl (C=O) groups excluding carboxylic acids is 3. The van der Waals surface area contributed by atoms with Crippen molar-refractivity contribution in [2.45, 2.75) is 13.5 Å². The van der Waals surface area contributed by atoms with Crippen molar-refractivity contribution in [3.05, 3.63) is 102 Å². The van der Waals surface area contributed by atoms with E-state index in [-0.39, 0.29) is 24.2 Å². The molecule has 0 aliphatic carbocycles. The summed E-state index contributed by atoms with van der Waals surface area (Å²) in [5.74, 6) is -0.979. The number of esters is 1. The Bertz CT molecular complexity index is 1080. The Morgan fingerprint density at radius 1 is 0.853 bits per heavy atom. The van der Waals surface area contributed by atoms with Crippen LogP contribution in [0.15, 0.2) is 91.0 Å². The van der Waals surface area contributed by atoms with E-state index in [1.165, 1.54) is 5.01 Å². The normalized spacial score (nSPS) is 11.4. The maximum atomic E-state index is 13.4. The highest BCUT2D eigenvalue weighted by Crippen LogP contribution is 2.20. The molecule has 0 fully saturated rings. The van der Waals surface area contributed by atoms with Crippen LogP contribution in [0.1, 0.15) is 22.8 Å². The molecule has 34 heavy (non-hydrogen) atoms. The molecule has 0 saturated heterocycles. The van der Waals surface area contributed by atoms with Gasteiger partial charge in [-0.05, 0) is 17.7 Å². The van der Waals surface area contributed by atoms with Gasteiger partial charge in [-0.15, -0.1) is 0 Å². The average Bonchev–Trinajstić information content (AvgIpc) is 2.89. The molecule has 3 aromatic carbocycles. The first-order valence-electron chi connectivity index (χ1n) is 11.0. The van der Waals surface area contributed by atoms with Gasteiger partial charge >= 0.3 is 5.97 Å². The largest absolute Gasteiger partial charge is 0.459 e. The lowest BCUT2D eigenvalue weighted by molar-refractivity contribution is -0.151. The molecule has 0 N–H and O–H groups in total. The van der Waals surface area contributed by atoms with E-state index in [1.807, 2.05) is 66.7 Å². The monoisotopic (exact) mass is 476 g/mol. The van der Waals surface area contributed by atoms with Gasteiger partial charge in [0, 0.05) is 24.3 Å². The van der Waals surface area contributed by atoms with Crippen LogP contribution in [0.25, 0.3) is 0 Å². The lowest BCUT2D eigenvalue weighted by atomic mass is 10.2. The van der Waals surface area contributed by atoms with Gasteiger partial charge < -0.3 is 4.74 Å². The molecule has 0 heterocycles. The molecule has 6 nitrogen and oxygen atoms in total. The number of thioether (sulfide) groups is 1. The van der Waals surface area contributed by atoms with Gasteiger partial charge in [-0.25, -0.2) is 5.01 Å². The number of benzene rings is 3. The number of rotatable bonds is 10. The van der Waals surface area contributed by atoms with E-state index in [9.17, 15) is 14.4 Å². The Morgan fingerprint density at radius 2 is 1.41 bits per heavy atom. The summed E-state index contributed by atoms with van der Waals surface area (Å²) in [4.78, 5) is 38.5. The Hall–Kier alpha value is -3.58. The number of anilines is 1. The minimum Gasteiger partial charge on any atom is -0.459 e. The summed E-state index contributed by atoms with van der Waals surface area (Å²) in [5, 5.41) is 2.93. The SMILES string of the molecule is C[C@H](CSC(=O)c1ccccc1)C(=O)N(CC(=O)OCc1ccccc1)N(C)c1ccccc1. The lowest BCUT2D eigenvalue weighted by Gasteiger charge is -2.34. The third-order valence-corrected chi connectivity index (χ3v) is 6.33. The van der Waals surface area contributed by atoms with Crippen molar-refractivity contribution in [1.82, 2.24) is 5.01 Å². The van der Waals surface area contributed by atoms with Crippen LogP contribution in [0.3, 0.4) is 0 Å². The van der Waals surface area contributed by atoms with E-state index >= 15 is 0 Å². The highest BCUT2D eigenvalue weighted by atomic mass is 32.2. The van der Waals surface area contributed by atoms with Gasteiger partial charge in [-0.3, -0.25) is 19.4 Å². The summed E-state index contributed by atoms with van der Waals surface area (Å²) in [5.41, 5.74) is 2.22. The molecular weight excluding hydrogens is 448 g/mol. The third kappa shape index (κ3) is 7.22. The summed E-state index contributed by atoms with van der Waals surface area (Å²) in [6, 6.07) is 27.7. The smallest absolute Gasteiger partial charge is 0.328 e. The average molecular weight is 477 g/mol. The van der Waals surface area contributed by atoms with Gasteiger partial charge in [0.25, 0.3) is 0 Å². The Balaban J connectivity index is 1.66. The number of nitrogens with zero attached hydrogens (tertiary/aromatic N) is 2. The Labute approximate surface area is 204 Å². The van der Waals surface area contributed by atoms with E-state index < -0.39 is 11.9 Å². The van der Waals surface area contributed by atoms with Crippen molar-refractivity contribution in [2.75, 3.05) is 24.4 Å². The summed E-state index contributed by atoms with van der Waals surface area (Å²) in [6.45, 7) is 1.65. The molecule has 0 saturated carbocycles. The van der Waals surface area contributed by atoms with Gasteiger partial charge in [0.15, 0.2) is 0 Å². The number of hydrogen-bond donors (Lipinski definition) is 0. The third-order valence-electron chi connectivity index (χ3n) is 5.16. The lowest BCUT2D eigenvalue weighted by Crippen LogP contribution is -2.50. The molecular formula is C27H28N2O4S. The number of carbonyl (C=O) groups is 3. The second-order valence-electron chi connectivity index (χ2n) is 7.77. The molecule has 1 atom stereocenters. The molecule has 176 valence electrons. The van der Waals surface area contributed by atoms with Gasteiger partial charge in [-0.2, -0.15) is 0 Å². The topological polar surface area (TPSA) is 66.9 Å². The van der Waals surface area contributed by atoms with E-state index in [1.54, 1.807) is 43.2 Å². The van der Waals surface area contributed by atoms with Crippen LogP contribution in [0, 0.1) is 5.92 Å². The number of hydrogen-bond acceptors (Lipinski definition) is 6. The maximum Gasteiger partial charge on any atom is 0.328 e. The molecule has 7 heteroatoms. The van der Waals surface area contributed by atoms with Gasteiger partial charge in [0.2, 0.25) is 11.0 Å². The molecule has 0 aliphatic rings. The minimum absolute atomic E-state index is 0.0921.